The lowest BCUT2D eigenvalue weighted by Gasteiger charge is -2.24. The van der Waals surface area contributed by atoms with Gasteiger partial charge in [-0.2, -0.15) is 23.5 Å². The normalized spacial score (nSPS) is 14.5. The van der Waals surface area contributed by atoms with Gasteiger partial charge in [-0.05, 0) is 43.3 Å². The van der Waals surface area contributed by atoms with E-state index in [1.54, 1.807) is 12.5 Å². The highest BCUT2D eigenvalue weighted by Crippen LogP contribution is 2.05. The van der Waals surface area contributed by atoms with Crippen molar-refractivity contribution in [2.75, 3.05) is 30.6 Å². The van der Waals surface area contributed by atoms with E-state index in [0.717, 1.165) is 0 Å². The molecule has 0 fully saturated rings. The summed E-state index contributed by atoms with van der Waals surface area (Å²) < 4.78 is 0. The summed E-state index contributed by atoms with van der Waals surface area (Å²) in [5, 5.41) is 34.5. The molecule has 0 aromatic carbocycles. The Labute approximate surface area is 194 Å². The summed E-state index contributed by atoms with van der Waals surface area (Å²) in [6.45, 7) is -0.784. The van der Waals surface area contributed by atoms with Gasteiger partial charge in [0.25, 0.3) is 0 Å². The average Bonchev–Trinajstić information content (AvgIpc) is 2.74. The van der Waals surface area contributed by atoms with Gasteiger partial charge >= 0.3 is 11.9 Å². The van der Waals surface area contributed by atoms with E-state index in [0.29, 0.717) is 11.5 Å². The van der Waals surface area contributed by atoms with E-state index >= 15 is 0 Å². The van der Waals surface area contributed by atoms with Gasteiger partial charge in [-0.1, -0.05) is 0 Å². The molecule has 0 aliphatic rings. The number of hydrogen-bond acceptors (Lipinski definition) is 9. The first kappa shape index (κ1) is 30.0. The molecular weight excluding hydrogens is 464 g/mol. The Balaban J connectivity index is 5.13. The molecular formula is C18H32N4O8S2. The van der Waals surface area contributed by atoms with Crippen LogP contribution in [0.5, 0.6) is 0 Å². The zero-order chi connectivity index (χ0) is 24.7. The number of carboxylic acids is 2. The number of aliphatic hydroxyl groups excluding tert-OH is 1. The number of carboxylic acid groups (broad SMARTS) is 2. The molecule has 0 bridgehead atoms. The van der Waals surface area contributed by atoms with Crippen molar-refractivity contribution < 1.29 is 39.3 Å². The van der Waals surface area contributed by atoms with Crippen molar-refractivity contribution in [3.63, 3.8) is 0 Å². The van der Waals surface area contributed by atoms with Crippen LogP contribution < -0.4 is 21.7 Å². The number of nitrogens with one attached hydrogen (secondary N) is 3. The van der Waals surface area contributed by atoms with Crippen molar-refractivity contribution in [1.29, 1.82) is 0 Å². The van der Waals surface area contributed by atoms with Crippen LogP contribution in [0.1, 0.15) is 25.7 Å². The number of amides is 3. The number of carbonyl (C=O) groups excluding carboxylic acids is 3. The number of hydrogen-bond donors (Lipinski definition) is 7. The number of aliphatic carboxylic acids is 2. The lowest BCUT2D eigenvalue weighted by molar-refractivity contribution is -0.142. The molecule has 0 radical (unpaired) electrons. The zero-order valence-corrected chi connectivity index (χ0v) is 19.7. The van der Waals surface area contributed by atoms with E-state index in [1.807, 2.05) is 0 Å². The van der Waals surface area contributed by atoms with E-state index < -0.39 is 60.4 Å². The second-order valence-corrected chi connectivity index (χ2v) is 8.78. The lowest BCUT2D eigenvalue weighted by atomic mass is 10.1. The summed E-state index contributed by atoms with van der Waals surface area (Å²) in [5.74, 6) is -3.74. The number of aliphatic hydroxyl groups is 1. The predicted octanol–water partition coefficient (Wildman–Crippen LogP) is -1.78. The monoisotopic (exact) mass is 496 g/mol. The molecule has 4 atom stereocenters. The third kappa shape index (κ3) is 12.1. The Hall–Kier alpha value is -2.03. The fourth-order valence-electron chi connectivity index (χ4n) is 2.43. The van der Waals surface area contributed by atoms with Crippen LogP contribution in [0, 0.1) is 0 Å². The van der Waals surface area contributed by atoms with Gasteiger partial charge in [0.2, 0.25) is 17.7 Å². The summed E-state index contributed by atoms with van der Waals surface area (Å²) in [6, 6.07) is -4.83. The standard InChI is InChI=1S/C18H32N4O8S2/c1-31-7-5-11(20-15(26)10(19)3-4-14(24)25)16(27)22-13(9-23)17(28)21-12(18(29)30)6-8-32-2/h10-13,23H,3-9,19H2,1-2H3,(H,20,26)(H,21,28)(H,22,27)(H,24,25)(H,29,30). The first-order valence-corrected chi connectivity index (χ1v) is 12.6. The third-order valence-electron chi connectivity index (χ3n) is 4.29. The summed E-state index contributed by atoms with van der Waals surface area (Å²) in [7, 11) is 0. The smallest absolute Gasteiger partial charge is 0.326 e. The molecule has 0 saturated heterocycles. The van der Waals surface area contributed by atoms with Gasteiger partial charge in [0.1, 0.15) is 18.1 Å². The van der Waals surface area contributed by atoms with Crippen LogP contribution in [-0.4, -0.2) is 99.8 Å². The van der Waals surface area contributed by atoms with Crippen molar-refractivity contribution >= 4 is 53.2 Å². The predicted molar refractivity (Wildman–Crippen MR) is 121 cm³/mol. The molecule has 0 spiro atoms. The molecule has 8 N–H and O–H groups in total. The van der Waals surface area contributed by atoms with Crippen LogP contribution in [-0.2, 0) is 24.0 Å². The molecule has 4 unspecified atom stereocenters. The maximum absolute atomic E-state index is 12.7. The minimum absolute atomic E-state index is 0.119. The molecule has 32 heavy (non-hydrogen) atoms. The SMILES string of the molecule is CSCCC(NC(=O)C(CO)NC(=O)C(CCSC)NC(=O)C(N)CCC(=O)O)C(=O)O. The van der Waals surface area contributed by atoms with Crippen molar-refractivity contribution in [2.45, 2.75) is 49.9 Å². The Kier molecular flexibility index (Phi) is 15.5. The Bertz CT molecular complexity index is 652. The first-order valence-electron chi connectivity index (χ1n) is 9.77. The number of nitrogens with two attached hydrogens (primary N) is 1. The Morgan fingerprint density at radius 3 is 1.72 bits per heavy atom. The van der Waals surface area contributed by atoms with Crippen LogP contribution in [0.4, 0.5) is 0 Å². The molecule has 0 aromatic heterocycles. The van der Waals surface area contributed by atoms with Crippen LogP contribution in [0.3, 0.4) is 0 Å². The summed E-state index contributed by atoms with van der Waals surface area (Å²) in [6.07, 6.45) is 3.50. The first-order chi connectivity index (χ1) is 15.1. The summed E-state index contributed by atoms with van der Waals surface area (Å²) in [5.41, 5.74) is 5.67. The average molecular weight is 497 g/mol. The Morgan fingerprint density at radius 1 is 0.781 bits per heavy atom. The molecule has 14 heteroatoms. The molecule has 184 valence electrons. The number of rotatable bonds is 17. The topological polar surface area (TPSA) is 208 Å². The Morgan fingerprint density at radius 2 is 1.25 bits per heavy atom. The van der Waals surface area contributed by atoms with Crippen molar-refractivity contribution in [3.8, 4) is 0 Å². The maximum atomic E-state index is 12.7. The van der Waals surface area contributed by atoms with E-state index in [-0.39, 0.29) is 25.7 Å². The van der Waals surface area contributed by atoms with Crippen LogP contribution in [0.15, 0.2) is 0 Å². The van der Waals surface area contributed by atoms with Crippen LogP contribution in [0.25, 0.3) is 0 Å². The number of thioether (sulfide) groups is 2. The highest BCUT2D eigenvalue weighted by molar-refractivity contribution is 7.98. The second kappa shape index (κ2) is 16.6. The van der Waals surface area contributed by atoms with Gasteiger partial charge in [-0.15, -0.1) is 0 Å². The van der Waals surface area contributed by atoms with Crippen molar-refractivity contribution in [2.24, 2.45) is 5.73 Å². The van der Waals surface area contributed by atoms with Gasteiger partial charge in [0.15, 0.2) is 0 Å². The summed E-state index contributed by atoms with van der Waals surface area (Å²) in [4.78, 5) is 59.2. The summed E-state index contributed by atoms with van der Waals surface area (Å²) >= 11 is 2.82. The number of carbonyl (C=O) groups is 5. The molecule has 0 aliphatic carbocycles. The van der Waals surface area contributed by atoms with E-state index in [1.165, 1.54) is 23.5 Å². The van der Waals surface area contributed by atoms with Gasteiger partial charge < -0.3 is 37.0 Å². The zero-order valence-electron chi connectivity index (χ0n) is 18.0. The minimum atomic E-state index is -1.42. The highest BCUT2D eigenvalue weighted by Gasteiger charge is 2.29. The van der Waals surface area contributed by atoms with E-state index in [4.69, 9.17) is 10.8 Å². The maximum Gasteiger partial charge on any atom is 0.326 e. The van der Waals surface area contributed by atoms with E-state index in [2.05, 4.69) is 16.0 Å². The molecule has 0 saturated carbocycles. The quantitative estimate of drug-likeness (QED) is 0.120. The molecule has 0 rings (SSSR count). The van der Waals surface area contributed by atoms with Gasteiger partial charge in [0.05, 0.1) is 12.6 Å². The van der Waals surface area contributed by atoms with Crippen molar-refractivity contribution in [1.82, 2.24) is 16.0 Å². The third-order valence-corrected chi connectivity index (χ3v) is 5.58. The van der Waals surface area contributed by atoms with Crippen molar-refractivity contribution in [3.05, 3.63) is 0 Å². The van der Waals surface area contributed by atoms with Gasteiger partial charge in [-0.25, -0.2) is 4.79 Å². The molecule has 0 aliphatic heterocycles. The van der Waals surface area contributed by atoms with Gasteiger partial charge in [0, 0.05) is 6.42 Å². The van der Waals surface area contributed by atoms with Crippen LogP contribution >= 0.6 is 23.5 Å². The highest BCUT2D eigenvalue weighted by atomic mass is 32.2. The fourth-order valence-corrected chi connectivity index (χ4v) is 3.37. The molecule has 0 aromatic rings. The minimum Gasteiger partial charge on any atom is -0.481 e. The molecule has 12 nitrogen and oxygen atoms in total. The largest absolute Gasteiger partial charge is 0.481 e. The van der Waals surface area contributed by atoms with Crippen LogP contribution in [0.2, 0.25) is 0 Å². The lowest BCUT2D eigenvalue weighted by Crippen LogP contribution is -2.58. The molecule has 0 heterocycles. The second-order valence-electron chi connectivity index (χ2n) is 6.81. The molecule has 3 amide bonds. The van der Waals surface area contributed by atoms with E-state index in [9.17, 15) is 34.2 Å². The fraction of sp³-hybridized carbons (Fsp3) is 0.722. The van der Waals surface area contributed by atoms with Gasteiger partial charge in [-0.3, -0.25) is 19.2 Å².